The highest BCUT2D eigenvalue weighted by atomic mass is 15.1. The van der Waals surface area contributed by atoms with Gasteiger partial charge in [-0.25, -0.2) is 0 Å². The molecular weight excluding hydrogens is 174 g/mol. The summed E-state index contributed by atoms with van der Waals surface area (Å²) in [4.78, 5) is 2.13. The fourth-order valence-electron chi connectivity index (χ4n) is 1.16. The Kier molecular flexibility index (Phi) is 6.21. The normalized spacial score (nSPS) is 12.4. The van der Waals surface area contributed by atoms with Gasteiger partial charge in [0.2, 0.25) is 0 Å². The third kappa shape index (κ3) is 7.80. The lowest BCUT2D eigenvalue weighted by Crippen LogP contribution is -2.28. The van der Waals surface area contributed by atoms with Crippen LogP contribution in [0, 0.1) is 11.3 Å². The molecule has 0 rings (SSSR count). The molecule has 82 valence electrons. The molecular formula is C11H23N3. The molecule has 0 bridgehead atoms. The average molecular weight is 197 g/mol. The Balaban J connectivity index is 4.18. The molecule has 0 aliphatic heterocycles. The molecule has 0 radical (unpaired) electrons. The van der Waals surface area contributed by atoms with Gasteiger partial charge in [-0.15, -0.1) is 0 Å². The van der Waals surface area contributed by atoms with Crippen molar-refractivity contribution >= 4 is 5.71 Å². The molecule has 0 aliphatic rings. The smallest absolute Gasteiger partial charge is 0.0521 e. The van der Waals surface area contributed by atoms with Gasteiger partial charge in [0.15, 0.2) is 0 Å². The minimum Gasteiger partial charge on any atom is -0.382 e. The standard InChI is InChI=1S/C11H23N3/c1-9(2)6-11(8-14(4)5)13-7-10(3)12/h6,9,12-13H,7-8H2,1-5H3/b11-6-,12-10?. The van der Waals surface area contributed by atoms with Gasteiger partial charge < -0.3 is 15.6 Å². The van der Waals surface area contributed by atoms with Gasteiger partial charge in [-0.1, -0.05) is 19.9 Å². The van der Waals surface area contributed by atoms with Crippen molar-refractivity contribution in [1.82, 2.24) is 10.2 Å². The Labute approximate surface area is 87.7 Å². The summed E-state index contributed by atoms with van der Waals surface area (Å²) in [6.45, 7) is 7.69. The highest BCUT2D eigenvalue weighted by Crippen LogP contribution is 2.00. The number of rotatable bonds is 6. The number of nitrogens with one attached hydrogen (secondary N) is 2. The minimum absolute atomic E-state index is 0.545. The van der Waals surface area contributed by atoms with Gasteiger partial charge in [0.1, 0.15) is 0 Å². The lowest BCUT2D eigenvalue weighted by molar-refractivity contribution is 0.433. The highest BCUT2D eigenvalue weighted by molar-refractivity contribution is 5.80. The van der Waals surface area contributed by atoms with Crippen molar-refractivity contribution in [3.05, 3.63) is 11.8 Å². The number of hydrogen-bond acceptors (Lipinski definition) is 3. The van der Waals surface area contributed by atoms with Crippen LogP contribution in [0.5, 0.6) is 0 Å². The zero-order valence-electron chi connectivity index (χ0n) is 10.0. The Hall–Kier alpha value is -0.830. The summed E-state index contributed by atoms with van der Waals surface area (Å²) in [5.74, 6) is 0.545. The number of allylic oxidation sites excluding steroid dienone is 1. The van der Waals surface area contributed by atoms with Crippen molar-refractivity contribution in [3.63, 3.8) is 0 Å². The van der Waals surface area contributed by atoms with Gasteiger partial charge in [0, 0.05) is 18.0 Å². The lowest BCUT2D eigenvalue weighted by Gasteiger charge is -2.16. The van der Waals surface area contributed by atoms with Crippen molar-refractivity contribution < 1.29 is 0 Å². The fraction of sp³-hybridized carbons (Fsp3) is 0.727. The van der Waals surface area contributed by atoms with E-state index in [1.807, 2.05) is 21.0 Å². The summed E-state index contributed by atoms with van der Waals surface area (Å²) in [6, 6.07) is 0. The van der Waals surface area contributed by atoms with E-state index in [9.17, 15) is 0 Å². The molecule has 3 nitrogen and oxygen atoms in total. The van der Waals surface area contributed by atoms with Gasteiger partial charge in [0.25, 0.3) is 0 Å². The molecule has 0 saturated carbocycles. The van der Waals surface area contributed by atoms with E-state index >= 15 is 0 Å². The maximum absolute atomic E-state index is 7.35. The molecule has 0 aromatic carbocycles. The van der Waals surface area contributed by atoms with Crippen LogP contribution < -0.4 is 5.32 Å². The van der Waals surface area contributed by atoms with Crippen LogP contribution in [-0.2, 0) is 0 Å². The second-order valence-electron chi connectivity index (χ2n) is 4.31. The van der Waals surface area contributed by atoms with Crippen LogP contribution in [-0.4, -0.2) is 37.8 Å². The SMILES string of the molecule is CC(=N)CN/C(=C\C(C)C)CN(C)C. The van der Waals surface area contributed by atoms with E-state index in [1.165, 1.54) is 5.70 Å². The molecule has 3 heteroatoms. The van der Waals surface area contributed by atoms with E-state index in [1.54, 1.807) is 0 Å². The van der Waals surface area contributed by atoms with Crippen molar-refractivity contribution in [2.75, 3.05) is 27.2 Å². The molecule has 0 heterocycles. The second-order valence-corrected chi connectivity index (χ2v) is 4.31. The Morgan fingerprint density at radius 3 is 2.36 bits per heavy atom. The molecule has 0 aliphatic carbocycles. The zero-order chi connectivity index (χ0) is 11.1. The first-order chi connectivity index (χ1) is 6.41. The maximum Gasteiger partial charge on any atom is 0.0521 e. The molecule has 0 aromatic heterocycles. The highest BCUT2D eigenvalue weighted by Gasteiger charge is 2.00. The predicted molar refractivity (Wildman–Crippen MR) is 62.9 cm³/mol. The molecule has 0 amide bonds. The van der Waals surface area contributed by atoms with Crippen LogP contribution >= 0.6 is 0 Å². The summed E-state index contributed by atoms with van der Waals surface area (Å²) < 4.78 is 0. The first-order valence-corrected chi connectivity index (χ1v) is 5.05. The molecule has 0 saturated heterocycles. The van der Waals surface area contributed by atoms with Crippen LogP contribution in [0.25, 0.3) is 0 Å². The summed E-state index contributed by atoms with van der Waals surface area (Å²) in [5, 5.41) is 10.6. The van der Waals surface area contributed by atoms with Crippen molar-refractivity contribution in [1.29, 1.82) is 5.41 Å². The van der Waals surface area contributed by atoms with E-state index in [-0.39, 0.29) is 0 Å². The van der Waals surface area contributed by atoms with Crippen LogP contribution in [0.1, 0.15) is 20.8 Å². The van der Waals surface area contributed by atoms with Gasteiger partial charge >= 0.3 is 0 Å². The quantitative estimate of drug-likeness (QED) is 0.636. The zero-order valence-corrected chi connectivity index (χ0v) is 10.0. The van der Waals surface area contributed by atoms with E-state index in [0.29, 0.717) is 18.2 Å². The number of likely N-dealkylation sites (N-methyl/N-ethyl adjacent to an activating group) is 1. The van der Waals surface area contributed by atoms with Crippen LogP contribution in [0.3, 0.4) is 0 Å². The molecule has 0 atom stereocenters. The fourth-order valence-corrected chi connectivity index (χ4v) is 1.16. The summed E-state index contributed by atoms with van der Waals surface area (Å²) in [6.07, 6.45) is 2.21. The summed E-state index contributed by atoms with van der Waals surface area (Å²) in [7, 11) is 4.10. The first-order valence-electron chi connectivity index (χ1n) is 5.05. The van der Waals surface area contributed by atoms with Gasteiger partial charge in [-0.3, -0.25) is 0 Å². The Morgan fingerprint density at radius 2 is 2.00 bits per heavy atom. The monoisotopic (exact) mass is 197 g/mol. The number of hydrogen-bond donors (Lipinski definition) is 2. The lowest BCUT2D eigenvalue weighted by atomic mass is 10.2. The van der Waals surface area contributed by atoms with E-state index in [0.717, 1.165) is 6.54 Å². The van der Waals surface area contributed by atoms with Crippen molar-refractivity contribution in [2.45, 2.75) is 20.8 Å². The van der Waals surface area contributed by atoms with E-state index in [4.69, 9.17) is 5.41 Å². The van der Waals surface area contributed by atoms with Crippen molar-refractivity contribution in [2.24, 2.45) is 5.92 Å². The Bertz CT molecular complexity index is 205. The third-order valence-electron chi connectivity index (χ3n) is 1.60. The van der Waals surface area contributed by atoms with E-state index in [2.05, 4.69) is 30.1 Å². The minimum atomic E-state index is 0.545. The third-order valence-corrected chi connectivity index (χ3v) is 1.60. The molecule has 0 unspecified atom stereocenters. The predicted octanol–water partition coefficient (Wildman–Crippen LogP) is 1.72. The second kappa shape index (κ2) is 6.60. The van der Waals surface area contributed by atoms with Crippen molar-refractivity contribution in [3.8, 4) is 0 Å². The number of nitrogens with zero attached hydrogens (tertiary/aromatic N) is 1. The maximum atomic E-state index is 7.35. The van der Waals surface area contributed by atoms with Gasteiger partial charge in [0.05, 0.1) is 6.54 Å². The van der Waals surface area contributed by atoms with Gasteiger partial charge in [-0.05, 0) is 26.9 Å². The molecule has 2 N–H and O–H groups in total. The summed E-state index contributed by atoms with van der Waals surface area (Å²) >= 11 is 0. The topological polar surface area (TPSA) is 39.1 Å². The van der Waals surface area contributed by atoms with Crippen LogP contribution in [0.15, 0.2) is 11.8 Å². The molecule has 14 heavy (non-hydrogen) atoms. The van der Waals surface area contributed by atoms with E-state index < -0.39 is 0 Å². The molecule has 0 fully saturated rings. The molecule has 0 spiro atoms. The van der Waals surface area contributed by atoms with Crippen LogP contribution in [0.2, 0.25) is 0 Å². The average Bonchev–Trinajstić information content (AvgIpc) is 1.97. The molecule has 0 aromatic rings. The Morgan fingerprint density at radius 1 is 1.43 bits per heavy atom. The first kappa shape index (κ1) is 13.2. The van der Waals surface area contributed by atoms with Crippen LogP contribution in [0.4, 0.5) is 0 Å². The van der Waals surface area contributed by atoms with Gasteiger partial charge in [-0.2, -0.15) is 0 Å². The summed E-state index contributed by atoms with van der Waals surface area (Å²) in [5.41, 5.74) is 1.87. The largest absolute Gasteiger partial charge is 0.382 e.